The van der Waals surface area contributed by atoms with E-state index in [0.29, 0.717) is 19.3 Å². The van der Waals surface area contributed by atoms with Gasteiger partial charge in [-0.05, 0) is 64.2 Å². The van der Waals surface area contributed by atoms with Crippen LogP contribution in [-0.2, 0) is 28.6 Å². The summed E-state index contributed by atoms with van der Waals surface area (Å²) in [7, 11) is 0. The minimum absolute atomic E-state index is 0.0744. The molecule has 0 aromatic rings. The second-order valence-corrected chi connectivity index (χ2v) is 18.5. The predicted molar refractivity (Wildman–Crippen MR) is 266 cm³/mol. The van der Waals surface area contributed by atoms with Crippen molar-refractivity contribution >= 4 is 17.9 Å². The summed E-state index contributed by atoms with van der Waals surface area (Å²) < 4.78 is 16.8. The molecule has 0 aromatic carbocycles. The normalized spacial score (nSPS) is 12.1. The first kappa shape index (κ1) is 59.9. The third-order valence-electron chi connectivity index (χ3n) is 12.2. The van der Waals surface area contributed by atoms with Crippen LogP contribution in [0.25, 0.3) is 0 Å². The molecule has 0 radical (unpaired) electrons. The molecule has 0 saturated carbocycles. The lowest BCUT2D eigenvalue weighted by Crippen LogP contribution is -2.30. The maximum absolute atomic E-state index is 12.8. The van der Waals surface area contributed by atoms with E-state index in [1.165, 1.54) is 186 Å². The van der Waals surface area contributed by atoms with Crippen LogP contribution in [0.2, 0.25) is 0 Å². The summed E-state index contributed by atoms with van der Waals surface area (Å²) in [5.74, 6) is -0.876. The monoisotopic (exact) mass is 873 g/mol. The quantitative estimate of drug-likeness (QED) is 0.0262. The maximum Gasteiger partial charge on any atom is 0.306 e. The molecule has 0 saturated heterocycles. The Bertz CT molecular complexity index is 1000. The number of unbranched alkanes of at least 4 members (excludes halogenated alkanes) is 35. The number of hydrogen-bond acceptors (Lipinski definition) is 6. The van der Waals surface area contributed by atoms with E-state index in [-0.39, 0.29) is 31.1 Å². The fourth-order valence-corrected chi connectivity index (χ4v) is 8.01. The maximum atomic E-state index is 12.8. The summed E-state index contributed by atoms with van der Waals surface area (Å²) in [5.41, 5.74) is 0. The third kappa shape index (κ3) is 48.9. The Kier molecular flexibility index (Phi) is 49.8. The van der Waals surface area contributed by atoms with Crippen LogP contribution in [-0.4, -0.2) is 37.2 Å². The molecule has 1 atom stereocenters. The third-order valence-corrected chi connectivity index (χ3v) is 12.2. The molecule has 1 unspecified atom stereocenters. The van der Waals surface area contributed by atoms with Gasteiger partial charge in [0.25, 0.3) is 0 Å². The van der Waals surface area contributed by atoms with Gasteiger partial charge in [-0.2, -0.15) is 0 Å². The number of esters is 3. The molecule has 0 amide bonds. The first-order valence-corrected chi connectivity index (χ1v) is 27.3. The van der Waals surface area contributed by atoms with Crippen LogP contribution in [0.4, 0.5) is 0 Å². The molecule has 0 heterocycles. The number of carbonyl (C=O) groups is 3. The highest BCUT2D eigenvalue weighted by Crippen LogP contribution is 2.16. The van der Waals surface area contributed by atoms with Crippen molar-refractivity contribution in [2.75, 3.05) is 13.2 Å². The number of carbonyl (C=O) groups excluding carboxylic acids is 3. The minimum Gasteiger partial charge on any atom is -0.462 e. The summed E-state index contributed by atoms with van der Waals surface area (Å²) in [5, 5.41) is 0. The van der Waals surface area contributed by atoms with E-state index in [0.717, 1.165) is 70.6 Å². The van der Waals surface area contributed by atoms with E-state index in [1.54, 1.807) is 0 Å². The Morgan fingerprint density at radius 2 is 0.548 bits per heavy atom. The molecule has 0 bridgehead atoms. The molecule has 6 heteroatoms. The van der Waals surface area contributed by atoms with Crippen molar-refractivity contribution in [2.45, 2.75) is 303 Å². The molecule has 0 N–H and O–H groups in total. The number of allylic oxidation sites excluding steroid dienone is 4. The highest BCUT2D eigenvalue weighted by molar-refractivity contribution is 5.71. The average molecular weight is 873 g/mol. The molecule has 0 aliphatic rings. The number of hydrogen-bond donors (Lipinski definition) is 0. The standard InChI is InChI=1S/C56H104O6/c1-4-7-10-13-16-19-22-24-26-27-28-30-31-34-37-40-43-46-49-55(58)61-52-53(51-60-54(57)48-45-42-39-36-33-21-18-15-12-9-6-3)62-56(59)50-47-44-41-38-35-32-29-25-23-20-17-14-11-8-5-2/h15,18,28,30,53H,4-14,16-17,19-27,29,31-52H2,1-3H3/b18-15-,30-28-. The molecule has 0 aliphatic carbocycles. The van der Waals surface area contributed by atoms with Crippen LogP contribution in [0.1, 0.15) is 297 Å². The zero-order chi connectivity index (χ0) is 45.1. The zero-order valence-electron chi connectivity index (χ0n) is 41.7. The topological polar surface area (TPSA) is 78.9 Å². The lowest BCUT2D eigenvalue weighted by Gasteiger charge is -2.18. The largest absolute Gasteiger partial charge is 0.462 e. The summed E-state index contributed by atoms with van der Waals surface area (Å²) in [6.07, 6.45) is 58.8. The van der Waals surface area contributed by atoms with Crippen LogP contribution in [0.3, 0.4) is 0 Å². The molecular weight excluding hydrogens is 769 g/mol. The highest BCUT2D eigenvalue weighted by Gasteiger charge is 2.19. The lowest BCUT2D eigenvalue weighted by molar-refractivity contribution is -0.167. The van der Waals surface area contributed by atoms with E-state index in [2.05, 4.69) is 45.1 Å². The minimum atomic E-state index is -0.773. The van der Waals surface area contributed by atoms with Crippen molar-refractivity contribution in [3.8, 4) is 0 Å². The second-order valence-electron chi connectivity index (χ2n) is 18.5. The molecule has 0 fully saturated rings. The van der Waals surface area contributed by atoms with Crippen molar-refractivity contribution in [2.24, 2.45) is 0 Å². The smallest absolute Gasteiger partial charge is 0.306 e. The summed E-state index contributed by atoms with van der Waals surface area (Å²) >= 11 is 0. The molecule has 0 rings (SSSR count). The van der Waals surface area contributed by atoms with Gasteiger partial charge in [0.05, 0.1) is 0 Å². The van der Waals surface area contributed by atoms with Gasteiger partial charge in [0.15, 0.2) is 6.10 Å². The van der Waals surface area contributed by atoms with Gasteiger partial charge < -0.3 is 14.2 Å². The van der Waals surface area contributed by atoms with Crippen molar-refractivity contribution < 1.29 is 28.6 Å². The highest BCUT2D eigenvalue weighted by atomic mass is 16.6. The first-order chi connectivity index (χ1) is 30.5. The van der Waals surface area contributed by atoms with E-state index in [1.807, 2.05) is 0 Å². The van der Waals surface area contributed by atoms with Gasteiger partial charge in [-0.3, -0.25) is 14.4 Å². The Labute approximate surface area is 385 Å². The first-order valence-electron chi connectivity index (χ1n) is 27.3. The van der Waals surface area contributed by atoms with Crippen LogP contribution < -0.4 is 0 Å². The van der Waals surface area contributed by atoms with Gasteiger partial charge >= 0.3 is 17.9 Å². The predicted octanol–water partition coefficient (Wildman–Crippen LogP) is 17.9. The Morgan fingerprint density at radius 1 is 0.306 bits per heavy atom. The Balaban J connectivity index is 4.31. The molecular formula is C56H104O6. The van der Waals surface area contributed by atoms with Crippen molar-refractivity contribution in [3.63, 3.8) is 0 Å². The average Bonchev–Trinajstić information content (AvgIpc) is 3.27. The number of ether oxygens (including phenoxy) is 3. The van der Waals surface area contributed by atoms with Crippen LogP contribution >= 0.6 is 0 Å². The van der Waals surface area contributed by atoms with E-state index in [4.69, 9.17) is 14.2 Å². The molecule has 364 valence electrons. The fraction of sp³-hybridized carbons (Fsp3) is 0.875. The molecule has 6 nitrogen and oxygen atoms in total. The van der Waals surface area contributed by atoms with Crippen LogP contribution in [0.5, 0.6) is 0 Å². The lowest BCUT2D eigenvalue weighted by atomic mass is 10.0. The second kappa shape index (κ2) is 51.5. The van der Waals surface area contributed by atoms with Gasteiger partial charge in [0, 0.05) is 19.3 Å². The molecule has 62 heavy (non-hydrogen) atoms. The van der Waals surface area contributed by atoms with Crippen molar-refractivity contribution in [3.05, 3.63) is 24.3 Å². The van der Waals surface area contributed by atoms with Gasteiger partial charge in [0.2, 0.25) is 0 Å². The summed E-state index contributed by atoms with van der Waals surface area (Å²) in [4.78, 5) is 38.0. The molecule has 0 aromatic heterocycles. The molecule has 0 spiro atoms. The Hall–Kier alpha value is -2.11. The fourth-order valence-electron chi connectivity index (χ4n) is 8.01. The van der Waals surface area contributed by atoms with Gasteiger partial charge in [-0.25, -0.2) is 0 Å². The SMILES string of the molecule is CCCC/C=C\CCCCCCCC(=O)OCC(COC(=O)CCCCCCC/C=C\CCCCCCCCCCC)OC(=O)CCCCCCCCCCCCCCCCC. The molecule has 0 aliphatic heterocycles. The van der Waals surface area contributed by atoms with E-state index in [9.17, 15) is 14.4 Å². The van der Waals surface area contributed by atoms with Crippen LogP contribution in [0.15, 0.2) is 24.3 Å². The summed E-state index contributed by atoms with van der Waals surface area (Å²) in [6, 6.07) is 0. The summed E-state index contributed by atoms with van der Waals surface area (Å²) in [6.45, 7) is 6.62. The van der Waals surface area contributed by atoms with Gasteiger partial charge in [0.1, 0.15) is 13.2 Å². The van der Waals surface area contributed by atoms with Crippen molar-refractivity contribution in [1.82, 2.24) is 0 Å². The van der Waals surface area contributed by atoms with E-state index < -0.39 is 6.10 Å². The van der Waals surface area contributed by atoms with Crippen molar-refractivity contribution in [1.29, 1.82) is 0 Å². The zero-order valence-corrected chi connectivity index (χ0v) is 41.7. The van der Waals surface area contributed by atoms with E-state index >= 15 is 0 Å². The Morgan fingerprint density at radius 3 is 0.855 bits per heavy atom. The number of rotatable bonds is 50. The van der Waals surface area contributed by atoms with Gasteiger partial charge in [-0.1, -0.05) is 238 Å². The van der Waals surface area contributed by atoms with Crippen LogP contribution in [0, 0.1) is 0 Å². The van der Waals surface area contributed by atoms with Gasteiger partial charge in [-0.15, -0.1) is 0 Å².